The van der Waals surface area contributed by atoms with E-state index in [0.29, 0.717) is 0 Å². The van der Waals surface area contributed by atoms with E-state index in [0.717, 1.165) is 50.8 Å². The zero-order valence-corrected chi connectivity index (χ0v) is 14.5. The molecule has 6 heteroatoms. The first-order valence-corrected chi connectivity index (χ1v) is 8.91. The molecular weight excluding hydrogens is 288 g/mol. The highest BCUT2D eigenvalue weighted by atomic mass is 15.2. The Bertz CT molecular complexity index is 522. The second-order valence-corrected chi connectivity index (χ2v) is 7.03. The molecule has 1 saturated heterocycles. The van der Waals surface area contributed by atoms with E-state index in [9.17, 15) is 0 Å². The van der Waals surface area contributed by atoms with Crippen LogP contribution in [0.15, 0.2) is 0 Å². The summed E-state index contributed by atoms with van der Waals surface area (Å²) >= 11 is 0. The van der Waals surface area contributed by atoms with Gasteiger partial charge in [0, 0.05) is 44.7 Å². The smallest absolute Gasteiger partial charge is 0.149 e. The zero-order chi connectivity index (χ0) is 16.2. The number of aromatic nitrogens is 2. The van der Waals surface area contributed by atoms with Crippen molar-refractivity contribution in [1.82, 2.24) is 20.2 Å². The first kappa shape index (κ1) is 16.6. The molecule has 3 heterocycles. The number of fused-ring (bicyclic) bond motifs is 1. The van der Waals surface area contributed by atoms with Gasteiger partial charge in [-0.1, -0.05) is 12.8 Å². The summed E-state index contributed by atoms with van der Waals surface area (Å²) in [5.74, 6) is 1.94. The van der Waals surface area contributed by atoms with Gasteiger partial charge in [-0.25, -0.2) is 9.97 Å². The predicted octanol–water partition coefficient (Wildman–Crippen LogP) is 1.06. The Balaban J connectivity index is 1.94. The Morgan fingerprint density at radius 2 is 1.91 bits per heavy atom. The molecule has 6 nitrogen and oxygen atoms in total. The molecule has 128 valence electrons. The van der Waals surface area contributed by atoms with Crippen LogP contribution in [0.2, 0.25) is 0 Å². The molecule has 3 rings (SSSR count). The number of anilines is 1. The number of hydrogen-bond acceptors (Lipinski definition) is 6. The van der Waals surface area contributed by atoms with E-state index >= 15 is 0 Å². The summed E-state index contributed by atoms with van der Waals surface area (Å²) in [4.78, 5) is 14.3. The lowest BCUT2D eigenvalue weighted by Gasteiger charge is -2.29. The highest BCUT2D eigenvalue weighted by molar-refractivity contribution is 5.50. The number of nitrogens with two attached hydrogens (primary N) is 1. The topological polar surface area (TPSA) is 70.3 Å². The van der Waals surface area contributed by atoms with Gasteiger partial charge in [0.05, 0.1) is 11.7 Å². The van der Waals surface area contributed by atoms with E-state index in [1.165, 1.54) is 36.9 Å². The molecule has 0 spiro atoms. The minimum absolute atomic E-state index is 0.129. The van der Waals surface area contributed by atoms with Crippen molar-refractivity contribution in [3.63, 3.8) is 0 Å². The average Bonchev–Trinajstić information content (AvgIpc) is 2.82. The van der Waals surface area contributed by atoms with Crippen molar-refractivity contribution in [2.75, 3.05) is 45.2 Å². The van der Waals surface area contributed by atoms with E-state index in [2.05, 4.69) is 15.1 Å². The second kappa shape index (κ2) is 7.55. The predicted molar refractivity (Wildman–Crippen MR) is 93.6 cm³/mol. The SMILES string of the molecule is CN(C)CC(N)c1nc2c(c(N3CCCCCC3)n1)CNCC2. The molecule has 0 radical (unpaired) electrons. The molecule has 0 bridgehead atoms. The van der Waals surface area contributed by atoms with Gasteiger partial charge < -0.3 is 20.9 Å². The largest absolute Gasteiger partial charge is 0.356 e. The summed E-state index contributed by atoms with van der Waals surface area (Å²) in [6.07, 6.45) is 6.14. The molecule has 0 aliphatic carbocycles. The molecule has 2 aliphatic rings. The summed E-state index contributed by atoms with van der Waals surface area (Å²) < 4.78 is 0. The molecule has 23 heavy (non-hydrogen) atoms. The Morgan fingerprint density at radius 1 is 1.17 bits per heavy atom. The molecule has 0 saturated carbocycles. The fourth-order valence-electron chi connectivity index (χ4n) is 3.53. The van der Waals surface area contributed by atoms with Crippen LogP contribution in [0.4, 0.5) is 5.82 Å². The fraction of sp³-hybridized carbons (Fsp3) is 0.765. The second-order valence-electron chi connectivity index (χ2n) is 7.03. The minimum atomic E-state index is -0.129. The van der Waals surface area contributed by atoms with Crippen molar-refractivity contribution in [3.05, 3.63) is 17.1 Å². The minimum Gasteiger partial charge on any atom is -0.356 e. The average molecular weight is 318 g/mol. The van der Waals surface area contributed by atoms with Gasteiger partial charge in [0.1, 0.15) is 11.6 Å². The third-order valence-corrected chi connectivity index (χ3v) is 4.73. The van der Waals surface area contributed by atoms with Gasteiger partial charge >= 0.3 is 0 Å². The summed E-state index contributed by atoms with van der Waals surface area (Å²) in [5, 5.41) is 3.47. The molecule has 1 atom stereocenters. The molecule has 1 aromatic heterocycles. The quantitative estimate of drug-likeness (QED) is 0.865. The van der Waals surface area contributed by atoms with Gasteiger partial charge in [-0.15, -0.1) is 0 Å². The number of likely N-dealkylation sites (N-methyl/N-ethyl adjacent to an activating group) is 1. The van der Waals surface area contributed by atoms with Crippen LogP contribution in [0.25, 0.3) is 0 Å². The van der Waals surface area contributed by atoms with Gasteiger partial charge in [0.25, 0.3) is 0 Å². The molecule has 0 aromatic carbocycles. The van der Waals surface area contributed by atoms with Crippen LogP contribution in [0, 0.1) is 0 Å². The number of hydrogen-bond donors (Lipinski definition) is 2. The Kier molecular flexibility index (Phi) is 5.46. The molecular formula is C17H30N6. The van der Waals surface area contributed by atoms with Crippen molar-refractivity contribution in [3.8, 4) is 0 Å². The normalized spacial score (nSPS) is 20.3. The van der Waals surface area contributed by atoms with E-state index in [4.69, 9.17) is 15.7 Å². The van der Waals surface area contributed by atoms with Crippen LogP contribution < -0.4 is 16.0 Å². The lowest BCUT2D eigenvalue weighted by atomic mass is 10.1. The van der Waals surface area contributed by atoms with Gasteiger partial charge in [-0.05, 0) is 26.9 Å². The summed E-state index contributed by atoms with van der Waals surface area (Å²) in [7, 11) is 4.08. The number of rotatable bonds is 4. The Hall–Kier alpha value is -1.24. The number of nitrogens with zero attached hydrogens (tertiary/aromatic N) is 4. The van der Waals surface area contributed by atoms with E-state index in [-0.39, 0.29) is 6.04 Å². The Morgan fingerprint density at radius 3 is 2.61 bits per heavy atom. The van der Waals surface area contributed by atoms with Crippen LogP contribution in [-0.4, -0.2) is 55.1 Å². The van der Waals surface area contributed by atoms with Gasteiger partial charge in [0.2, 0.25) is 0 Å². The third-order valence-electron chi connectivity index (χ3n) is 4.73. The maximum absolute atomic E-state index is 6.36. The first-order chi connectivity index (χ1) is 11.1. The summed E-state index contributed by atoms with van der Waals surface area (Å²) in [6, 6.07) is -0.129. The van der Waals surface area contributed by atoms with Crippen molar-refractivity contribution in [2.45, 2.75) is 44.7 Å². The molecule has 1 aromatic rings. The van der Waals surface area contributed by atoms with E-state index in [1.54, 1.807) is 0 Å². The molecule has 0 amide bonds. The van der Waals surface area contributed by atoms with Crippen molar-refractivity contribution < 1.29 is 0 Å². The van der Waals surface area contributed by atoms with E-state index in [1.807, 2.05) is 14.1 Å². The van der Waals surface area contributed by atoms with Crippen molar-refractivity contribution in [2.24, 2.45) is 5.73 Å². The fourth-order valence-corrected chi connectivity index (χ4v) is 3.53. The highest BCUT2D eigenvalue weighted by Crippen LogP contribution is 2.27. The molecule has 1 fully saturated rings. The molecule has 1 unspecified atom stereocenters. The van der Waals surface area contributed by atoms with Crippen molar-refractivity contribution in [1.29, 1.82) is 0 Å². The van der Waals surface area contributed by atoms with E-state index < -0.39 is 0 Å². The Labute approximate surface area is 139 Å². The maximum atomic E-state index is 6.36. The summed E-state index contributed by atoms with van der Waals surface area (Å²) in [6.45, 7) is 4.85. The summed E-state index contributed by atoms with van der Waals surface area (Å²) in [5.41, 5.74) is 8.84. The molecule has 2 aliphatic heterocycles. The van der Waals surface area contributed by atoms with Crippen LogP contribution in [0.1, 0.15) is 48.8 Å². The molecule has 3 N–H and O–H groups in total. The number of nitrogens with one attached hydrogen (secondary N) is 1. The van der Waals surface area contributed by atoms with Crippen LogP contribution >= 0.6 is 0 Å². The highest BCUT2D eigenvalue weighted by Gasteiger charge is 2.24. The van der Waals surface area contributed by atoms with Gasteiger partial charge in [-0.3, -0.25) is 0 Å². The van der Waals surface area contributed by atoms with Crippen LogP contribution in [0.5, 0.6) is 0 Å². The lowest BCUT2D eigenvalue weighted by molar-refractivity contribution is 0.369. The zero-order valence-electron chi connectivity index (χ0n) is 14.5. The van der Waals surface area contributed by atoms with Crippen molar-refractivity contribution >= 4 is 5.82 Å². The lowest BCUT2D eigenvalue weighted by Crippen LogP contribution is -2.34. The van der Waals surface area contributed by atoms with Crippen LogP contribution in [-0.2, 0) is 13.0 Å². The first-order valence-electron chi connectivity index (χ1n) is 8.91. The third kappa shape index (κ3) is 4.00. The standard InChI is InChI=1S/C17H30N6/c1-22(2)12-14(18)16-20-15-7-8-19-11-13(15)17(21-16)23-9-5-3-4-6-10-23/h14,19H,3-12,18H2,1-2H3. The van der Waals surface area contributed by atoms with Gasteiger partial charge in [0.15, 0.2) is 0 Å². The van der Waals surface area contributed by atoms with Gasteiger partial charge in [-0.2, -0.15) is 0 Å². The monoisotopic (exact) mass is 318 g/mol. The maximum Gasteiger partial charge on any atom is 0.149 e. The van der Waals surface area contributed by atoms with Crippen LogP contribution in [0.3, 0.4) is 0 Å².